The molecule has 0 amide bonds. The SMILES string of the molecule is CC(C)CC(=O)CN1CC=C(C(C)C)CC1. The van der Waals surface area contributed by atoms with Gasteiger partial charge in [0.1, 0.15) is 5.78 Å². The van der Waals surface area contributed by atoms with Crippen LogP contribution in [-0.4, -0.2) is 30.3 Å². The second kappa shape index (κ2) is 6.19. The summed E-state index contributed by atoms with van der Waals surface area (Å²) < 4.78 is 0. The Morgan fingerprint density at radius 1 is 1.38 bits per heavy atom. The molecule has 0 fully saturated rings. The molecule has 0 aromatic carbocycles. The van der Waals surface area contributed by atoms with Crippen molar-refractivity contribution in [3.8, 4) is 0 Å². The minimum Gasteiger partial charge on any atom is -0.298 e. The summed E-state index contributed by atoms with van der Waals surface area (Å²) >= 11 is 0. The largest absolute Gasteiger partial charge is 0.298 e. The Morgan fingerprint density at radius 2 is 2.06 bits per heavy atom. The molecule has 0 N–H and O–H groups in total. The highest BCUT2D eigenvalue weighted by Gasteiger charge is 2.16. The molecule has 1 rings (SSSR count). The summed E-state index contributed by atoms with van der Waals surface area (Å²) in [5.74, 6) is 1.53. The molecule has 0 unspecified atom stereocenters. The maximum atomic E-state index is 11.7. The predicted molar refractivity (Wildman–Crippen MR) is 68.4 cm³/mol. The summed E-state index contributed by atoms with van der Waals surface area (Å²) in [6.45, 7) is 11.3. The Hall–Kier alpha value is -0.630. The van der Waals surface area contributed by atoms with E-state index in [1.54, 1.807) is 5.57 Å². The van der Waals surface area contributed by atoms with Crippen LogP contribution in [0.3, 0.4) is 0 Å². The van der Waals surface area contributed by atoms with Gasteiger partial charge in [-0.3, -0.25) is 9.69 Å². The highest BCUT2D eigenvalue weighted by atomic mass is 16.1. The summed E-state index contributed by atoms with van der Waals surface area (Å²) in [6.07, 6.45) is 4.15. The predicted octanol–water partition coefficient (Wildman–Crippen LogP) is 2.89. The van der Waals surface area contributed by atoms with E-state index in [1.165, 1.54) is 0 Å². The second-order valence-corrected chi connectivity index (χ2v) is 5.56. The van der Waals surface area contributed by atoms with Gasteiger partial charge in [0.15, 0.2) is 0 Å². The lowest BCUT2D eigenvalue weighted by atomic mass is 9.96. The molecule has 0 spiro atoms. The van der Waals surface area contributed by atoms with Gasteiger partial charge < -0.3 is 0 Å². The molecule has 1 aliphatic heterocycles. The monoisotopic (exact) mass is 223 g/mol. The van der Waals surface area contributed by atoms with Crippen molar-refractivity contribution < 1.29 is 4.79 Å². The standard InChI is InChI=1S/C14H25NO/c1-11(2)9-14(16)10-15-7-5-13(6-8-15)12(3)4/h5,11-12H,6-10H2,1-4H3. The van der Waals surface area contributed by atoms with Crippen molar-refractivity contribution >= 4 is 5.78 Å². The lowest BCUT2D eigenvalue weighted by molar-refractivity contribution is -0.120. The lowest BCUT2D eigenvalue weighted by Crippen LogP contribution is -2.34. The molecule has 92 valence electrons. The van der Waals surface area contributed by atoms with Crippen LogP contribution in [0.1, 0.15) is 40.5 Å². The van der Waals surface area contributed by atoms with Crippen LogP contribution in [0.5, 0.6) is 0 Å². The van der Waals surface area contributed by atoms with Gasteiger partial charge >= 0.3 is 0 Å². The first-order valence-corrected chi connectivity index (χ1v) is 6.42. The molecule has 1 aliphatic rings. The third-order valence-electron chi connectivity index (χ3n) is 3.11. The summed E-state index contributed by atoms with van der Waals surface area (Å²) in [4.78, 5) is 13.9. The van der Waals surface area contributed by atoms with Crippen molar-refractivity contribution in [3.05, 3.63) is 11.6 Å². The quantitative estimate of drug-likeness (QED) is 0.668. The molecule has 0 aromatic rings. The average Bonchev–Trinajstić information content (AvgIpc) is 2.16. The minimum atomic E-state index is 0.386. The van der Waals surface area contributed by atoms with Gasteiger partial charge in [-0.25, -0.2) is 0 Å². The van der Waals surface area contributed by atoms with Crippen LogP contribution in [0.4, 0.5) is 0 Å². The zero-order chi connectivity index (χ0) is 12.1. The van der Waals surface area contributed by atoms with Gasteiger partial charge in [-0.2, -0.15) is 0 Å². The van der Waals surface area contributed by atoms with Gasteiger partial charge in [-0.05, 0) is 18.3 Å². The van der Waals surface area contributed by atoms with Crippen LogP contribution in [0.2, 0.25) is 0 Å². The first kappa shape index (κ1) is 13.4. The molecule has 0 atom stereocenters. The van der Waals surface area contributed by atoms with Crippen LogP contribution in [0.15, 0.2) is 11.6 Å². The number of carbonyl (C=O) groups excluding carboxylic acids is 1. The molecule has 0 saturated heterocycles. The minimum absolute atomic E-state index is 0.386. The molecule has 16 heavy (non-hydrogen) atoms. The van der Waals surface area contributed by atoms with Gasteiger partial charge in [0.25, 0.3) is 0 Å². The molecule has 1 heterocycles. The van der Waals surface area contributed by atoms with Crippen LogP contribution < -0.4 is 0 Å². The van der Waals surface area contributed by atoms with Gasteiger partial charge in [-0.15, -0.1) is 0 Å². The number of hydrogen-bond donors (Lipinski definition) is 0. The maximum absolute atomic E-state index is 11.7. The van der Waals surface area contributed by atoms with Gasteiger partial charge in [-0.1, -0.05) is 39.3 Å². The zero-order valence-corrected chi connectivity index (χ0v) is 11.1. The number of rotatable bonds is 5. The smallest absolute Gasteiger partial charge is 0.147 e. The van der Waals surface area contributed by atoms with Crippen molar-refractivity contribution in [3.63, 3.8) is 0 Å². The van der Waals surface area contributed by atoms with Crippen molar-refractivity contribution in [2.24, 2.45) is 11.8 Å². The van der Waals surface area contributed by atoms with E-state index in [4.69, 9.17) is 0 Å². The Bertz CT molecular complexity index is 266. The van der Waals surface area contributed by atoms with Crippen molar-refractivity contribution in [1.82, 2.24) is 4.90 Å². The molecule has 0 bridgehead atoms. The van der Waals surface area contributed by atoms with E-state index in [9.17, 15) is 4.79 Å². The van der Waals surface area contributed by atoms with Crippen molar-refractivity contribution in [2.45, 2.75) is 40.5 Å². The maximum Gasteiger partial charge on any atom is 0.147 e. The first-order valence-electron chi connectivity index (χ1n) is 6.42. The Balaban J connectivity index is 2.34. The third kappa shape index (κ3) is 4.48. The second-order valence-electron chi connectivity index (χ2n) is 5.56. The van der Waals surface area contributed by atoms with E-state index >= 15 is 0 Å². The van der Waals surface area contributed by atoms with Crippen LogP contribution in [-0.2, 0) is 4.79 Å². The molecule has 0 saturated carbocycles. The van der Waals surface area contributed by atoms with Crippen LogP contribution >= 0.6 is 0 Å². The number of nitrogens with zero attached hydrogens (tertiary/aromatic N) is 1. The first-order chi connectivity index (χ1) is 7.49. The zero-order valence-electron chi connectivity index (χ0n) is 11.1. The van der Waals surface area contributed by atoms with E-state index in [0.29, 0.717) is 24.2 Å². The lowest BCUT2D eigenvalue weighted by Gasteiger charge is -2.27. The number of hydrogen-bond acceptors (Lipinski definition) is 2. The molecular weight excluding hydrogens is 198 g/mol. The molecule has 0 aromatic heterocycles. The number of ketones is 1. The van der Waals surface area contributed by atoms with Gasteiger partial charge in [0.2, 0.25) is 0 Å². The summed E-state index contributed by atoms with van der Waals surface area (Å²) in [6, 6.07) is 0. The molecule has 0 radical (unpaired) electrons. The molecule has 0 aliphatic carbocycles. The van der Waals surface area contributed by atoms with E-state index < -0.39 is 0 Å². The highest BCUT2D eigenvalue weighted by molar-refractivity contribution is 5.80. The summed E-state index contributed by atoms with van der Waals surface area (Å²) in [5.41, 5.74) is 1.55. The van der Waals surface area contributed by atoms with Crippen molar-refractivity contribution in [2.75, 3.05) is 19.6 Å². The fourth-order valence-corrected chi connectivity index (χ4v) is 2.16. The fourth-order valence-electron chi connectivity index (χ4n) is 2.16. The molecule has 2 heteroatoms. The topological polar surface area (TPSA) is 20.3 Å². The van der Waals surface area contributed by atoms with E-state index in [2.05, 4.69) is 38.7 Å². The average molecular weight is 223 g/mol. The van der Waals surface area contributed by atoms with Gasteiger partial charge in [0, 0.05) is 19.5 Å². The normalized spacial score (nSPS) is 18.0. The van der Waals surface area contributed by atoms with E-state index in [0.717, 1.165) is 25.9 Å². The molecular formula is C14H25NO. The van der Waals surface area contributed by atoms with Crippen LogP contribution in [0.25, 0.3) is 0 Å². The van der Waals surface area contributed by atoms with Crippen LogP contribution in [0, 0.1) is 11.8 Å². The fraction of sp³-hybridized carbons (Fsp3) is 0.786. The Kier molecular flexibility index (Phi) is 5.20. The Labute approximate surface area is 99.7 Å². The molecule has 2 nitrogen and oxygen atoms in total. The van der Waals surface area contributed by atoms with Gasteiger partial charge in [0.05, 0.1) is 6.54 Å². The number of Topliss-reactive ketones (excluding diaryl/α,β-unsaturated/α-hetero) is 1. The summed E-state index contributed by atoms with van der Waals surface area (Å²) in [5, 5.41) is 0. The van der Waals surface area contributed by atoms with E-state index in [1.807, 2.05) is 0 Å². The Morgan fingerprint density at radius 3 is 2.50 bits per heavy atom. The third-order valence-corrected chi connectivity index (χ3v) is 3.11. The van der Waals surface area contributed by atoms with E-state index in [-0.39, 0.29) is 0 Å². The number of carbonyl (C=O) groups is 1. The highest BCUT2D eigenvalue weighted by Crippen LogP contribution is 2.18. The van der Waals surface area contributed by atoms with Crippen molar-refractivity contribution in [1.29, 1.82) is 0 Å². The summed E-state index contributed by atoms with van der Waals surface area (Å²) in [7, 11) is 0.